The summed E-state index contributed by atoms with van der Waals surface area (Å²) in [4.78, 5) is 9.92. The van der Waals surface area contributed by atoms with Crippen molar-refractivity contribution < 1.29 is 13.3 Å². The molecule has 1 aromatic heterocycles. The summed E-state index contributed by atoms with van der Waals surface area (Å²) in [5.74, 6) is 0. The highest BCUT2D eigenvalue weighted by molar-refractivity contribution is 7.93. The fourth-order valence-electron chi connectivity index (χ4n) is 1.40. The van der Waals surface area contributed by atoms with Crippen molar-refractivity contribution in [1.82, 2.24) is 14.8 Å². The fourth-order valence-corrected chi connectivity index (χ4v) is 3.18. The van der Waals surface area contributed by atoms with E-state index >= 15 is 0 Å². The van der Waals surface area contributed by atoms with E-state index in [9.17, 15) is 18.5 Å². The maximum Gasteiger partial charge on any atom is 0.271 e. The van der Waals surface area contributed by atoms with Gasteiger partial charge in [0.25, 0.3) is 15.7 Å². The Hall–Kier alpha value is -2.34. The Bertz CT molecular complexity index is 729. The minimum atomic E-state index is -3.94. The topological polar surface area (TPSA) is 140 Å². The highest BCUT2D eigenvalue weighted by Gasteiger charge is 2.22. The van der Waals surface area contributed by atoms with Gasteiger partial charge in [0, 0.05) is 30.7 Å². The first-order valence-corrected chi connectivity index (χ1v) is 7.34. The zero-order valence-electron chi connectivity index (χ0n) is 9.97. The highest BCUT2D eigenvalue weighted by Crippen LogP contribution is 2.27. The lowest BCUT2D eigenvalue weighted by atomic mass is 10.3. The molecule has 0 atom stereocenters. The monoisotopic (exact) mass is 316 g/mol. The van der Waals surface area contributed by atoms with E-state index in [1.807, 2.05) is 0 Å². The highest BCUT2D eigenvalue weighted by atomic mass is 32.2. The smallest absolute Gasteiger partial charge is 0.271 e. The number of nitrogens with one attached hydrogen (secondary N) is 2. The van der Waals surface area contributed by atoms with Crippen molar-refractivity contribution in [3.8, 4) is 0 Å². The van der Waals surface area contributed by atoms with Crippen LogP contribution in [0.3, 0.4) is 0 Å². The second-order valence-corrected chi connectivity index (χ2v) is 5.84. The summed E-state index contributed by atoms with van der Waals surface area (Å²) in [6.45, 7) is 0. The van der Waals surface area contributed by atoms with Crippen LogP contribution in [0, 0.1) is 10.1 Å². The summed E-state index contributed by atoms with van der Waals surface area (Å²) in [5.41, 5.74) is -0.116. The molecule has 0 aliphatic carbocycles. The largest absolute Gasteiger partial charge is 0.387 e. The number of sulfonamides is 1. The second kappa shape index (κ2) is 5.34. The Morgan fingerprint density at radius 3 is 2.70 bits per heavy atom. The van der Waals surface area contributed by atoms with Gasteiger partial charge in [-0.15, -0.1) is 0 Å². The molecule has 0 unspecified atom stereocenters. The molecule has 2 N–H and O–H groups in total. The Labute approximate surface area is 117 Å². The van der Waals surface area contributed by atoms with E-state index in [0.29, 0.717) is 0 Å². The van der Waals surface area contributed by atoms with Crippen molar-refractivity contribution in [1.29, 1.82) is 0 Å². The van der Waals surface area contributed by atoms with Gasteiger partial charge in [-0.3, -0.25) is 14.8 Å². The number of nitrogens with zero attached hydrogens (tertiary/aromatic N) is 4. The van der Waals surface area contributed by atoms with Crippen molar-refractivity contribution in [3.63, 3.8) is 0 Å². The van der Waals surface area contributed by atoms with Gasteiger partial charge in [0.05, 0.1) is 10.6 Å². The third-order valence-corrected chi connectivity index (χ3v) is 4.29. The average molecular weight is 316 g/mol. The number of benzene rings is 1. The molecule has 1 aromatic carbocycles. The standard InChI is InChI=1S/C8H8N6O4S2/c1-9-6-4-5(14(15)16)2-3-7(6)20(17,18)11-8-10-12-13-19-8/h2-4,9H,1H3,(H,10,11,13). The van der Waals surface area contributed by atoms with Crippen LogP contribution in [0.25, 0.3) is 0 Å². The number of aromatic nitrogens is 3. The third-order valence-electron chi connectivity index (χ3n) is 2.25. The van der Waals surface area contributed by atoms with Gasteiger partial charge in [-0.05, 0) is 11.3 Å². The first-order chi connectivity index (χ1) is 9.44. The van der Waals surface area contributed by atoms with E-state index < -0.39 is 14.9 Å². The zero-order chi connectivity index (χ0) is 14.8. The molecule has 0 aliphatic heterocycles. The molecule has 2 rings (SSSR count). The molecule has 10 nitrogen and oxygen atoms in total. The molecule has 0 spiro atoms. The van der Waals surface area contributed by atoms with E-state index in [-0.39, 0.29) is 21.4 Å². The predicted octanol–water partition coefficient (Wildman–Crippen LogP) is 0.684. The van der Waals surface area contributed by atoms with Gasteiger partial charge in [0.1, 0.15) is 4.90 Å². The first-order valence-electron chi connectivity index (χ1n) is 5.08. The lowest BCUT2D eigenvalue weighted by molar-refractivity contribution is -0.384. The number of nitro benzene ring substituents is 1. The number of non-ortho nitro benzene ring substituents is 1. The van der Waals surface area contributed by atoms with E-state index in [4.69, 9.17) is 0 Å². The lowest BCUT2D eigenvalue weighted by Gasteiger charge is -2.09. The van der Waals surface area contributed by atoms with Crippen LogP contribution in [0.4, 0.5) is 16.5 Å². The van der Waals surface area contributed by atoms with Crippen molar-refractivity contribution in [2.24, 2.45) is 0 Å². The van der Waals surface area contributed by atoms with Gasteiger partial charge >= 0.3 is 0 Å². The molecule has 0 amide bonds. The molecule has 0 saturated heterocycles. The number of anilines is 2. The van der Waals surface area contributed by atoms with E-state index in [1.54, 1.807) is 0 Å². The third kappa shape index (κ3) is 2.80. The Morgan fingerprint density at radius 1 is 1.40 bits per heavy atom. The van der Waals surface area contributed by atoms with Crippen LogP contribution in [0.2, 0.25) is 0 Å². The molecule has 12 heteroatoms. The summed E-state index contributed by atoms with van der Waals surface area (Å²) in [6.07, 6.45) is 0. The second-order valence-electron chi connectivity index (χ2n) is 3.46. The van der Waals surface area contributed by atoms with Crippen LogP contribution in [0.5, 0.6) is 0 Å². The number of hydrogen-bond donors (Lipinski definition) is 2. The SMILES string of the molecule is CNc1cc([N+](=O)[O-])ccc1S(=O)(=O)Nc1nnns1. The quantitative estimate of drug-likeness (QED) is 0.606. The molecule has 0 saturated carbocycles. The summed E-state index contributed by atoms with van der Waals surface area (Å²) in [5, 5.41) is 20.0. The van der Waals surface area contributed by atoms with Crippen LogP contribution in [-0.4, -0.2) is 35.2 Å². The normalized spacial score (nSPS) is 11.1. The van der Waals surface area contributed by atoms with Crippen molar-refractivity contribution >= 4 is 38.1 Å². The van der Waals surface area contributed by atoms with E-state index in [1.165, 1.54) is 7.05 Å². The molecule has 2 aromatic rings. The Morgan fingerprint density at radius 2 is 2.15 bits per heavy atom. The number of hydrogen-bond acceptors (Lipinski definition) is 9. The maximum atomic E-state index is 12.2. The van der Waals surface area contributed by atoms with Crippen LogP contribution < -0.4 is 10.0 Å². The van der Waals surface area contributed by atoms with Crippen LogP contribution in [0.1, 0.15) is 0 Å². The van der Waals surface area contributed by atoms with Gasteiger partial charge in [-0.1, -0.05) is 9.59 Å². The fraction of sp³-hybridized carbons (Fsp3) is 0.125. The summed E-state index contributed by atoms with van der Waals surface area (Å²) < 4.78 is 29.9. The van der Waals surface area contributed by atoms with Crippen LogP contribution >= 0.6 is 11.5 Å². The minimum Gasteiger partial charge on any atom is -0.387 e. The number of nitro groups is 1. The lowest BCUT2D eigenvalue weighted by Crippen LogP contribution is -2.14. The average Bonchev–Trinajstić information content (AvgIpc) is 2.89. The molecule has 106 valence electrons. The van der Waals surface area contributed by atoms with Gasteiger partial charge in [-0.25, -0.2) is 8.42 Å². The molecule has 0 bridgehead atoms. The van der Waals surface area contributed by atoms with Crippen molar-refractivity contribution in [2.45, 2.75) is 4.90 Å². The molecule has 1 heterocycles. The summed E-state index contributed by atoms with van der Waals surface area (Å²) >= 11 is 0.775. The van der Waals surface area contributed by atoms with Crippen LogP contribution in [0.15, 0.2) is 23.1 Å². The summed E-state index contributed by atoms with van der Waals surface area (Å²) in [7, 11) is -2.47. The molecule has 20 heavy (non-hydrogen) atoms. The molecule has 0 fully saturated rings. The molecular weight excluding hydrogens is 308 g/mol. The molecular formula is C8H8N6O4S2. The minimum absolute atomic E-state index is 0.00501. The Balaban J connectivity index is 2.43. The predicted molar refractivity (Wildman–Crippen MR) is 71.2 cm³/mol. The van der Waals surface area contributed by atoms with Crippen molar-refractivity contribution in [2.75, 3.05) is 17.1 Å². The van der Waals surface area contributed by atoms with Gasteiger partial charge in [0.2, 0.25) is 5.13 Å². The maximum absolute atomic E-state index is 12.2. The van der Waals surface area contributed by atoms with E-state index in [0.717, 1.165) is 29.7 Å². The number of rotatable bonds is 5. The van der Waals surface area contributed by atoms with Crippen molar-refractivity contribution in [3.05, 3.63) is 28.3 Å². The van der Waals surface area contributed by atoms with Gasteiger partial charge in [-0.2, -0.15) is 0 Å². The molecule has 0 radical (unpaired) electrons. The van der Waals surface area contributed by atoms with Gasteiger partial charge < -0.3 is 5.32 Å². The zero-order valence-corrected chi connectivity index (χ0v) is 11.6. The summed E-state index contributed by atoms with van der Waals surface area (Å²) in [6, 6.07) is 3.38. The first kappa shape index (κ1) is 14.1. The van der Waals surface area contributed by atoms with Gasteiger partial charge in [0.15, 0.2) is 0 Å². The van der Waals surface area contributed by atoms with Crippen LogP contribution in [-0.2, 0) is 10.0 Å². The Kier molecular flexibility index (Phi) is 3.76. The van der Waals surface area contributed by atoms with E-state index in [2.05, 4.69) is 24.8 Å². The molecule has 0 aliphatic rings.